The lowest BCUT2D eigenvalue weighted by molar-refractivity contribution is 0.0987. The van der Waals surface area contributed by atoms with Crippen LogP contribution in [0.4, 0.5) is 0 Å². The van der Waals surface area contributed by atoms with E-state index in [0.717, 1.165) is 16.4 Å². The Hall–Kier alpha value is -2.64. The number of Topliss-reactive ketones (excluding diaryl/α,β-unsaturated/α-hetero) is 1. The molecule has 0 amide bonds. The molecule has 0 spiro atoms. The zero-order chi connectivity index (χ0) is 19.9. The number of ketones is 1. The maximum absolute atomic E-state index is 11.6. The highest BCUT2D eigenvalue weighted by Crippen LogP contribution is 2.22. The van der Waals surface area contributed by atoms with E-state index >= 15 is 0 Å². The lowest BCUT2D eigenvalue weighted by atomic mass is 10.1. The number of ether oxygens (including phenoxy) is 1. The van der Waals surface area contributed by atoms with E-state index in [2.05, 4.69) is 10.2 Å². The second-order valence-electron chi connectivity index (χ2n) is 6.35. The number of thioether (sulfide) groups is 1. The minimum Gasteiger partial charge on any atom is -0.491 e. The summed E-state index contributed by atoms with van der Waals surface area (Å²) in [6, 6.07) is 15.0. The minimum absolute atomic E-state index is 0.0979. The number of aliphatic hydroxyl groups excluding tert-OH is 1. The van der Waals surface area contributed by atoms with Crippen molar-refractivity contribution in [3.63, 3.8) is 0 Å². The van der Waals surface area contributed by atoms with Crippen molar-refractivity contribution in [3.8, 4) is 11.4 Å². The van der Waals surface area contributed by atoms with Crippen LogP contribution in [0.25, 0.3) is 5.69 Å². The number of para-hydroxylation sites is 1. The van der Waals surface area contributed by atoms with Gasteiger partial charge in [0.25, 0.3) is 0 Å². The molecule has 146 valence electrons. The fraction of sp³-hybridized carbons (Fsp3) is 0.286. The molecule has 3 aromatic rings. The van der Waals surface area contributed by atoms with E-state index in [-0.39, 0.29) is 12.4 Å². The standard InChI is InChI=1S/C21H23N3O3S/c1-3-20(26)16-8-10-18(11-9-16)27-12-17(25)13-28-21-23-22-14-24(21)19-7-5-4-6-15(19)2/h4-11,14,17,25H,3,12-13H2,1-2H3. The van der Waals surface area contributed by atoms with Gasteiger partial charge in [-0.2, -0.15) is 0 Å². The number of hydrogen-bond acceptors (Lipinski definition) is 6. The zero-order valence-electron chi connectivity index (χ0n) is 15.9. The lowest BCUT2D eigenvalue weighted by Gasteiger charge is -2.13. The van der Waals surface area contributed by atoms with Crippen molar-refractivity contribution in [2.45, 2.75) is 31.5 Å². The molecule has 1 aromatic heterocycles. The second kappa shape index (κ2) is 9.52. The third kappa shape index (κ3) is 4.99. The minimum atomic E-state index is -0.663. The van der Waals surface area contributed by atoms with E-state index in [0.29, 0.717) is 23.5 Å². The summed E-state index contributed by atoms with van der Waals surface area (Å²) in [5.41, 5.74) is 2.81. The first-order chi connectivity index (χ1) is 13.6. The molecule has 3 rings (SSSR count). The van der Waals surface area contributed by atoms with Gasteiger partial charge in [-0.25, -0.2) is 0 Å². The molecule has 0 saturated heterocycles. The van der Waals surface area contributed by atoms with Crippen molar-refractivity contribution in [1.82, 2.24) is 14.8 Å². The average molecular weight is 398 g/mol. The van der Waals surface area contributed by atoms with Gasteiger partial charge in [-0.05, 0) is 42.8 Å². The van der Waals surface area contributed by atoms with Crippen molar-refractivity contribution in [3.05, 3.63) is 66.0 Å². The number of hydrogen-bond donors (Lipinski definition) is 1. The maximum atomic E-state index is 11.6. The van der Waals surface area contributed by atoms with Crippen molar-refractivity contribution < 1.29 is 14.6 Å². The largest absolute Gasteiger partial charge is 0.491 e. The smallest absolute Gasteiger partial charge is 0.195 e. The zero-order valence-corrected chi connectivity index (χ0v) is 16.7. The van der Waals surface area contributed by atoms with Gasteiger partial charge >= 0.3 is 0 Å². The Kier molecular flexibility index (Phi) is 6.84. The molecule has 0 aliphatic carbocycles. The highest BCUT2D eigenvalue weighted by atomic mass is 32.2. The van der Waals surface area contributed by atoms with E-state index in [4.69, 9.17) is 4.74 Å². The third-order valence-corrected chi connectivity index (χ3v) is 5.32. The molecule has 28 heavy (non-hydrogen) atoms. The quantitative estimate of drug-likeness (QED) is 0.438. The Balaban J connectivity index is 1.53. The second-order valence-corrected chi connectivity index (χ2v) is 7.33. The summed E-state index contributed by atoms with van der Waals surface area (Å²) in [7, 11) is 0. The van der Waals surface area contributed by atoms with Gasteiger partial charge in [0.15, 0.2) is 10.9 Å². The summed E-state index contributed by atoms with van der Waals surface area (Å²) in [6.45, 7) is 4.03. The van der Waals surface area contributed by atoms with E-state index in [9.17, 15) is 9.90 Å². The number of aliphatic hydroxyl groups is 1. The molecule has 7 heteroatoms. The van der Waals surface area contributed by atoms with E-state index in [1.165, 1.54) is 11.8 Å². The first-order valence-corrected chi connectivity index (χ1v) is 10.1. The summed E-state index contributed by atoms with van der Waals surface area (Å²) in [5.74, 6) is 1.15. The first kappa shape index (κ1) is 20.1. The van der Waals surface area contributed by atoms with E-state index in [1.807, 2.05) is 42.7 Å². The lowest BCUT2D eigenvalue weighted by Crippen LogP contribution is -2.20. The number of aryl methyl sites for hydroxylation is 1. The van der Waals surface area contributed by atoms with E-state index < -0.39 is 6.10 Å². The molecule has 0 aliphatic rings. The van der Waals surface area contributed by atoms with Crippen LogP contribution in [0.1, 0.15) is 29.3 Å². The van der Waals surface area contributed by atoms with Crippen molar-refractivity contribution in [1.29, 1.82) is 0 Å². The van der Waals surface area contributed by atoms with Gasteiger partial charge < -0.3 is 9.84 Å². The molecule has 1 heterocycles. The molecule has 0 bridgehead atoms. The SMILES string of the molecule is CCC(=O)c1ccc(OCC(O)CSc2nncn2-c2ccccc2C)cc1. The molecular formula is C21H23N3O3S. The molecule has 2 aromatic carbocycles. The summed E-state index contributed by atoms with van der Waals surface area (Å²) in [6.07, 6.45) is 1.49. The molecule has 0 radical (unpaired) electrons. The number of aromatic nitrogens is 3. The molecule has 0 saturated carbocycles. The first-order valence-electron chi connectivity index (χ1n) is 9.11. The van der Waals surface area contributed by atoms with Crippen molar-refractivity contribution in [2.24, 2.45) is 0 Å². The fourth-order valence-corrected chi connectivity index (χ4v) is 3.50. The normalized spacial score (nSPS) is 12.0. The molecule has 0 fully saturated rings. The maximum Gasteiger partial charge on any atom is 0.195 e. The molecule has 1 atom stereocenters. The Morgan fingerprint density at radius 2 is 1.96 bits per heavy atom. The van der Waals surface area contributed by atoms with Gasteiger partial charge in [0.05, 0.1) is 11.8 Å². The van der Waals surface area contributed by atoms with Gasteiger partial charge in [-0.3, -0.25) is 9.36 Å². The summed E-state index contributed by atoms with van der Waals surface area (Å²) < 4.78 is 7.54. The van der Waals surface area contributed by atoms with E-state index in [1.54, 1.807) is 30.6 Å². The van der Waals surface area contributed by atoms with Gasteiger partial charge in [-0.15, -0.1) is 10.2 Å². The Labute approximate surface area is 168 Å². The van der Waals surface area contributed by atoms with Crippen LogP contribution in [0, 0.1) is 6.92 Å². The predicted molar refractivity (Wildman–Crippen MR) is 109 cm³/mol. The Bertz CT molecular complexity index is 925. The average Bonchev–Trinajstić information content (AvgIpc) is 3.19. The van der Waals surface area contributed by atoms with Crippen LogP contribution in [0.15, 0.2) is 60.0 Å². The van der Waals surface area contributed by atoms with Crippen LogP contribution >= 0.6 is 11.8 Å². The molecule has 0 aliphatic heterocycles. The third-order valence-electron chi connectivity index (χ3n) is 4.24. The fourth-order valence-electron chi connectivity index (χ4n) is 2.67. The number of carbonyl (C=O) groups excluding carboxylic acids is 1. The Morgan fingerprint density at radius 3 is 2.68 bits per heavy atom. The van der Waals surface area contributed by atoms with Gasteiger partial charge in [-0.1, -0.05) is 36.9 Å². The molecular weight excluding hydrogens is 374 g/mol. The van der Waals surface area contributed by atoms with Crippen LogP contribution in [-0.4, -0.2) is 44.1 Å². The van der Waals surface area contributed by atoms with Crippen LogP contribution in [0.5, 0.6) is 5.75 Å². The van der Waals surface area contributed by atoms with Crippen LogP contribution in [0.3, 0.4) is 0 Å². The number of benzene rings is 2. The molecule has 1 N–H and O–H groups in total. The van der Waals surface area contributed by atoms with Gasteiger partial charge in [0, 0.05) is 17.7 Å². The van der Waals surface area contributed by atoms with Gasteiger partial charge in [0.1, 0.15) is 18.7 Å². The number of carbonyl (C=O) groups is 1. The summed E-state index contributed by atoms with van der Waals surface area (Å²) in [4.78, 5) is 11.6. The number of rotatable bonds is 9. The molecule has 1 unspecified atom stereocenters. The van der Waals surface area contributed by atoms with Gasteiger partial charge in [0.2, 0.25) is 0 Å². The van der Waals surface area contributed by atoms with Crippen LogP contribution < -0.4 is 4.74 Å². The van der Waals surface area contributed by atoms with Crippen LogP contribution in [0.2, 0.25) is 0 Å². The number of nitrogens with zero attached hydrogens (tertiary/aromatic N) is 3. The Morgan fingerprint density at radius 1 is 1.21 bits per heavy atom. The monoisotopic (exact) mass is 397 g/mol. The van der Waals surface area contributed by atoms with Crippen molar-refractivity contribution in [2.75, 3.05) is 12.4 Å². The summed E-state index contributed by atoms with van der Waals surface area (Å²) in [5, 5.41) is 19.1. The van der Waals surface area contributed by atoms with Crippen molar-refractivity contribution >= 4 is 17.5 Å². The predicted octanol–water partition coefficient (Wildman–Crippen LogP) is 3.70. The molecule has 6 nitrogen and oxygen atoms in total. The summed E-state index contributed by atoms with van der Waals surface area (Å²) >= 11 is 1.42. The highest BCUT2D eigenvalue weighted by Gasteiger charge is 2.13. The highest BCUT2D eigenvalue weighted by molar-refractivity contribution is 7.99. The van der Waals surface area contributed by atoms with Crippen LogP contribution in [-0.2, 0) is 0 Å². The topological polar surface area (TPSA) is 77.2 Å².